The Labute approximate surface area is 190 Å². The van der Waals surface area contributed by atoms with E-state index in [0.29, 0.717) is 6.61 Å². The van der Waals surface area contributed by atoms with Crippen molar-refractivity contribution < 1.29 is 24.0 Å². The largest absolute Gasteiger partial charge is 0.489 e. The third-order valence-electron chi connectivity index (χ3n) is 5.21. The molecule has 2 unspecified atom stereocenters. The summed E-state index contributed by atoms with van der Waals surface area (Å²) in [4.78, 5) is 21.6. The molecular weight excluding hydrogens is 411 g/mol. The number of ether oxygens (including phenoxy) is 1. The highest BCUT2D eigenvalue weighted by atomic mass is 31.2. The zero-order chi connectivity index (χ0) is 23.7. The number of para-hydroxylation sites is 1. The molecule has 0 amide bonds. The van der Waals surface area contributed by atoms with Crippen molar-refractivity contribution >= 4 is 13.9 Å². The fraction of sp³-hybridized carbons (Fsp3) is 0.680. The summed E-state index contributed by atoms with van der Waals surface area (Å²) in [6.07, 6.45) is 15.5. The zero-order valence-corrected chi connectivity index (χ0v) is 21.1. The average Bonchev–Trinajstić information content (AvgIpc) is 2.67. The van der Waals surface area contributed by atoms with Gasteiger partial charge in [-0.3, -0.25) is 0 Å². The topological polar surface area (TPSA) is 87.0 Å². The van der Waals surface area contributed by atoms with Gasteiger partial charge in [0.1, 0.15) is 12.4 Å². The van der Waals surface area contributed by atoms with Crippen LogP contribution in [0.4, 0.5) is 0 Å². The summed E-state index contributed by atoms with van der Waals surface area (Å²) in [5, 5.41) is 0. The summed E-state index contributed by atoms with van der Waals surface area (Å²) < 4.78 is 14.2. The molecule has 1 heterocycles. The van der Waals surface area contributed by atoms with E-state index in [0.717, 1.165) is 23.5 Å². The van der Waals surface area contributed by atoms with Crippen LogP contribution < -0.4 is 4.74 Å². The van der Waals surface area contributed by atoms with Crippen molar-refractivity contribution in [1.29, 1.82) is 0 Å². The minimum absolute atomic E-state index is 0.705. The van der Waals surface area contributed by atoms with Gasteiger partial charge in [-0.2, -0.15) is 0 Å². The van der Waals surface area contributed by atoms with Crippen molar-refractivity contribution in [3.63, 3.8) is 0 Å². The van der Waals surface area contributed by atoms with E-state index in [1.54, 1.807) is 0 Å². The van der Waals surface area contributed by atoms with E-state index >= 15 is 0 Å². The van der Waals surface area contributed by atoms with E-state index < -0.39 is 7.82 Å². The van der Waals surface area contributed by atoms with Crippen LogP contribution in [-0.2, 0) is 4.57 Å². The lowest BCUT2D eigenvalue weighted by Crippen LogP contribution is -1.99. The lowest BCUT2D eigenvalue weighted by atomic mass is 9.92. The van der Waals surface area contributed by atoms with Gasteiger partial charge in [-0.05, 0) is 29.9 Å². The Bertz CT molecular complexity index is 630. The number of fused-ring (bicyclic) bond motifs is 1. The lowest BCUT2D eigenvalue weighted by molar-refractivity contribution is 0.275. The zero-order valence-electron chi connectivity index (χ0n) is 20.2. The minimum Gasteiger partial charge on any atom is -0.489 e. The van der Waals surface area contributed by atoms with Gasteiger partial charge in [-0.25, -0.2) is 4.57 Å². The lowest BCUT2D eigenvalue weighted by Gasteiger charge is -2.14. The van der Waals surface area contributed by atoms with Crippen LogP contribution in [0.3, 0.4) is 0 Å². The fourth-order valence-corrected chi connectivity index (χ4v) is 3.53. The van der Waals surface area contributed by atoms with E-state index in [2.05, 4.69) is 40.7 Å². The van der Waals surface area contributed by atoms with Gasteiger partial charge in [0.25, 0.3) is 0 Å². The Morgan fingerprint density at radius 3 is 1.94 bits per heavy atom. The van der Waals surface area contributed by atoms with E-state index in [9.17, 15) is 0 Å². The van der Waals surface area contributed by atoms with E-state index in [1.165, 1.54) is 56.9 Å². The van der Waals surface area contributed by atoms with Crippen LogP contribution in [-0.4, -0.2) is 21.3 Å². The number of phosphoric acid groups is 1. The third-order valence-corrected chi connectivity index (χ3v) is 5.21. The Morgan fingerprint density at radius 2 is 1.42 bits per heavy atom. The van der Waals surface area contributed by atoms with Crippen LogP contribution in [0.15, 0.2) is 30.3 Å². The molecule has 0 bridgehead atoms. The third kappa shape index (κ3) is 20.5. The second-order valence-corrected chi connectivity index (χ2v) is 10.0. The van der Waals surface area contributed by atoms with Crippen LogP contribution in [0.5, 0.6) is 5.75 Å². The van der Waals surface area contributed by atoms with Gasteiger partial charge >= 0.3 is 7.82 Å². The molecule has 2 atom stereocenters. The minimum atomic E-state index is -4.64. The highest BCUT2D eigenvalue weighted by Gasteiger charge is 2.05. The maximum absolute atomic E-state index is 8.88. The molecule has 0 spiro atoms. The van der Waals surface area contributed by atoms with Gasteiger partial charge in [-0.1, -0.05) is 110 Å². The summed E-state index contributed by atoms with van der Waals surface area (Å²) in [7, 11) is -4.64. The van der Waals surface area contributed by atoms with Crippen molar-refractivity contribution in [1.82, 2.24) is 0 Å². The number of rotatable bonds is 10. The number of benzene rings is 1. The molecule has 2 rings (SSSR count). The molecule has 180 valence electrons. The molecule has 6 heteroatoms. The predicted octanol–water partition coefficient (Wildman–Crippen LogP) is 7.22. The normalized spacial score (nSPS) is 14.4. The highest BCUT2D eigenvalue weighted by molar-refractivity contribution is 7.45. The quantitative estimate of drug-likeness (QED) is 0.324. The van der Waals surface area contributed by atoms with E-state index in [4.69, 9.17) is 24.0 Å². The molecule has 0 saturated carbocycles. The van der Waals surface area contributed by atoms with Crippen LogP contribution in [0.25, 0.3) is 6.08 Å². The van der Waals surface area contributed by atoms with E-state index in [1.807, 2.05) is 30.3 Å². The molecule has 0 aromatic heterocycles. The molecule has 1 aromatic rings. The molecule has 0 fully saturated rings. The summed E-state index contributed by atoms with van der Waals surface area (Å²) >= 11 is 0. The smallest absolute Gasteiger partial charge is 0.466 e. The number of hydrogen-bond acceptors (Lipinski definition) is 2. The van der Waals surface area contributed by atoms with Crippen molar-refractivity contribution in [2.24, 2.45) is 17.8 Å². The average molecular weight is 457 g/mol. The summed E-state index contributed by atoms with van der Waals surface area (Å²) in [5.74, 6) is 3.78. The molecule has 0 radical (unpaired) electrons. The van der Waals surface area contributed by atoms with Gasteiger partial charge in [-0.15, -0.1) is 0 Å². The first-order valence-electron chi connectivity index (χ1n) is 11.7. The van der Waals surface area contributed by atoms with Crippen molar-refractivity contribution in [2.75, 3.05) is 6.61 Å². The first-order chi connectivity index (χ1) is 14.5. The number of hydrogen-bond donors (Lipinski definition) is 3. The van der Waals surface area contributed by atoms with Gasteiger partial charge in [0.05, 0.1) is 0 Å². The maximum atomic E-state index is 8.88. The van der Waals surface area contributed by atoms with Gasteiger partial charge in [0.2, 0.25) is 0 Å². The van der Waals surface area contributed by atoms with Gasteiger partial charge < -0.3 is 19.4 Å². The molecule has 1 aliphatic rings. The highest BCUT2D eigenvalue weighted by Crippen LogP contribution is 2.26. The molecule has 31 heavy (non-hydrogen) atoms. The first-order valence-corrected chi connectivity index (χ1v) is 13.3. The molecule has 3 N–H and O–H groups in total. The Hall–Kier alpha value is -1.13. The Balaban J connectivity index is 0.000000503. The second-order valence-electron chi connectivity index (χ2n) is 9.02. The molecular formula is C25H45O5P. The van der Waals surface area contributed by atoms with Crippen molar-refractivity contribution in [2.45, 2.75) is 86.0 Å². The summed E-state index contributed by atoms with van der Waals surface area (Å²) in [6, 6.07) is 8.03. The first kappa shape index (κ1) is 29.9. The molecule has 0 saturated heterocycles. The van der Waals surface area contributed by atoms with Crippen LogP contribution in [0, 0.1) is 17.8 Å². The van der Waals surface area contributed by atoms with Crippen molar-refractivity contribution in [3.05, 3.63) is 35.9 Å². The Morgan fingerprint density at radius 1 is 0.903 bits per heavy atom. The Kier molecular flexibility index (Phi) is 16.8. The molecule has 1 aliphatic heterocycles. The predicted molar refractivity (Wildman–Crippen MR) is 131 cm³/mol. The fourth-order valence-electron chi connectivity index (χ4n) is 3.53. The van der Waals surface area contributed by atoms with Crippen molar-refractivity contribution in [3.8, 4) is 5.75 Å². The standard InChI is InChI=1S/C16H34.C9H8O.H3O4P/c1-6-9-15(4)12-8-13-16(5)11-7-10-14(2)3;1-2-6-9-8(4-1)5-3-7-10-9;1-5(2,3)4/h14-16H,6-13H2,1-5H3;1-6H,7H2;(H3,1,2,3,4). The van der Waals surface area contributed by atoms with Gasteiger partial charge in [0.15, 0.2) is 0 Å². The van der Waals surface area contributed by atoms with E-state index in [-0.39, 0.29) is 0 Å². The molecule has 1 aromatic carbocycles. The SMILES string of the molecule is C1=Cc2ccccc2OC1.CCCC(C)CCCC(C)CCCC(C)C.O=P(O)(O)O. The summed E-state index contributed by atoms with van der Waals surface area (Å²) in [5.41, 5.74) is 1.17. The van der Waals surface area contributed by atoms with Crippen LogP contribution >= 0.6 is 7.82 Å². The maximum Gasteiger partial charge on any atom is 0.466 e. The van der Waals surface area contributed by atoms with Crippen LogP contribution in [0.2, 0.25) is 0 Å². The van der Waals surface area contributed by atoms with Gasteiger partial charge in [0, 0.05) is 5.56 Å². The summed E-state index contributed by atoms with van der Waals surface area (Å²) in [6.45, 7) is 12.5. The second kappa shape index (κ2) is 17.4. The van der Waals surface area contributed by atoms with Crippen LogP contribution in [0.1, 0.15) is 91.5 Å². The molecule has 0 aliphatic carbocycles. The molecule has 5 nitrogen and oxygen atoms in total. The monoisotopic (exact) mass is 456 g/mol.